The lowest BCUT2D eigenvalue weighted by molar-refractivity contribution is 1.11. The van der Waals surface area contributed by atoms with Crippen molar-refractivity contribution in [3.8, 4) is 22.3 Å². The number of para-hydroxylation sites is 2. The number of benzene rings is 9. The van der Waals surface area contributed by atoms with Crippen molar-refractivity contribution in [3.63, 3.8) is 0 Å². The van der Waals surface area contributed by atoms with Crippen LogP contribution in [0.2, 0.25) is 0 Å². The summed E-state index contributed by atoms with van der Waals surface area (Å²) in [6.45, 7) is 0. The van der Waals surface area contributed by atoms with E-state index < -0.39 is 0 Å². The van der Waals surface area contributed by atoms with Crippen molar-refractivity contribution in [2.45, 2.75) is 0 Å². The van der Waals surface area contributed by atoms with Crippen LogP contribution in [0.1, 0.15) is 0 Å². The van der Waals surface area contributed by atoms with E-state index in [1.165, 1.54) is 49.2 Å². The average Bonchev–Trinajstić information content (AvgIpc) is 3.25. The number of nitrogens with zero attached hydrogens (tertiary/aromatic N) is 4. The van der Waals surface area contributed by atoms with Crippen molar-refractivity contribution in [2.75, 3.05) is 9.80 Å². The molecule has 0 bridgehead atoms. The van der Waals surface area contributed by atoms with Gasteiger partial charge in [0, 0.05) is 34.0 Å². The highest BCUT2D eigenvalue weighted by molar-refractivity contribution is 6.28. The second-order valence-electron chi connectivity index (χ2n) is 13.5. The molecule has 0 spiro atoms. The highest BCUT2D eigenvalue weighted by atomic mass is 15.2. The van der Waals surface area contributed by atoms with Crippen LogP contribution in [0.3, 0.4) is 0 Å². The molecule has 254 valence electrons. The van der Waals surface area contributed by atoms with Gasteiger partial charge in [0.1, 0.15) is 12.1 Å². The number of hydrogen-bond acceptors (Lipinski definition) is 4. The summed E-state index contributed by atoms with van der Waals surface area (Å²) in [5.74, 6) is 0.815. The van der Waals surface area contributed by atoms with E-state index in [0.29, 0.717) is 0 Å². The standard InChI is InChI=1S/C50H34N4/c1-5-13-35(14-6-1)39-31-40(36-15-7-2-8-16-36)33-43(32-39)53(41-17-9-3-10-18-41)46-27-23-37-22-26-45-47(28-24-38-21-25-44(46)49(37)50(38)45)54(42-19-11-4-12-20-42)48-29-30-51-34-52-48/h1-34H. The summed E-state index contributed by atoms with van der Waals surface area (Å²) in [7, 11) is 0. The lowest BCUT2D eigenvalue weighted by atomic mass is 9.91. The van der Waals surface area contributed by atoms with Crippen molar-refractivity contribution in [2.24, 2.45) is 0 Å². The fourth-order valence-corrected chi connectivity index (χ4v) is 7.89. The fraction of sp³-hybridized carbons (Fsp3) is 0. The van der Waals surface area contributed by atoms with Crippen LogP contribution in [0.5, 0.6) is 0 Å². The number of hydrogen-bond donors (Lipinski definition) is 0. The Labute approximate surface area is 314 Å². The van der Waals surface area contributed by atoms with Gasteiger partial charge in [-0.3, -0.25) is 4.90 Å². The molecule has 0 fully saturated rings. The Morgan fingerprint density at radius 1 is 0.352 bits per heavy atom. The Hall–Kier alpha value is -7.30. The first-order chi connectivity index (χ1) is 26.8. The molecule has 1 heterocycles. The average molecular weight is 691 g/mol. The van der Waals surface area contributed by atoms with Gasteiger partial charge >= 0.3 is 0 Å². The molecule has 10 rings (SSSR count). The predicted octanol–water partition coefficient (Wildman–Crippen LogP) is 13.6. The van der Waals surface area contributed by atoms with E-state index in [-0.39, 0.29) is 0 Å². The Morgan fingerprint density at radius 2 is 0.815 bits per heavy atom. The molecule has 0 aliphatic heterocycles. The van der Waals surface area contributed by atoms with Gasteiger partial charge in [-0.25, -0.2) is 9.97 Å². The molecule has 0 N–H and O–H groups in total. The van der Waals surface area contributed by atoms with Crippen LogP contribution in [-0.2, 0) is 0 Å². The first-order valence-electron chi connectivity index (χ1n) is 18.2. The normalized spacial score (nSPS) is 11.3. The van der Waals surface area contributed by atoms with Gasteiger partial charge in [-0.15, -0.1) is 0 Å². The van der Waals surface area contributed by atoms with E-state index in [2.05, 4.69) is 197 Å². The number of anilines is 6. The molecule has 0 aliphatic rings. The van der Waals surface area contributed by atoms with Gasteiger partial charge in [0.2, 0.25) is 0 Å². The zero-order chi connectivity index (χ0) is 35.8. The zero-order valence-electron chi connectivity index (χ0n) is 29.4. The molecule has 4 nitrogen and oxygen atoms in total. The molecule has 4 heteroatoms. The lowest BCUT2D eigenvalue weighted by Crippen LogP contribution is -2.12. The maximum Gasteiger partial charge on any atom is 0.140 e. The lowest BCUT2D eigenvalue weighted by Gasteiger charge is -2.29. The van der Waals surface area contributed by atoms with Crippen LogP contribution in [0.15, 0.2) is 207 Å². The monoisotopic (exact) mass is 690 g/mol. The minimum absolute atomic E-state index is 0.815. The maximum atomic E-state index is 4.71. The van der Waals surface area contributed by atoms with Gasteiger partial charge in [-0.2, -0.15) is 0 Å². The molecule has 0 saturated carbocycles. The van der Waals surface area contributed by atoms with Crippen molar-refractivity contribution < 1.29 is 0 Å². The van der Waals surface area contributed by atoms with E-state index in [1.54, 1.807) is 12.5 Å². The quantitative estimate of drug-likeness (QED) is 0.149. The van der Waals surface area contributed by atoms with Gasteiger partial charge in [0.25, 0.3) is 0 Å². The highest BCUT2D eigenvalue weighted by Gasteiger charge is 2.22. The zero-order valence-corrected chi connectivity index (χ0v) is 29.4. The van der Waals surface area contributed by atoms with E-state index in [4.69, 9.17) is 4.98 Å². The summed E-state index contributed by atoms with van der Waals surface area (Å²) in [5, 5.41) is 7.22. The summed E-state index contributed by atoms with van der Waals surface area (Å²) in [6, 6.07) is 69.5. The molecule has 0 aliphatic carbocycles. The van der Waals surface area contributed by atoms with Gasteiger partial charge < -0.3 is 4.90 Å². The van der Waals surface area contributed by atoms with Gasteiger partial charge in [0.05, 0.1) is 11.4 Å². The Balaban J connectivity index is 1.23. The smallest absolute Gasteiger partial charge is 0.140 e. The molecular weight excluding hydrogens is 657 g/mol. The predicted molar refractivity (Wildman–Crippen MR) is 226 cm³/mol. The van der Waals surface area contributed by atoms with E-state index >= 15 is 0 Å². The molecule has 0 saturated heterocycles. The number of aromatic nitrogens is 2. The molecule has 10 aromatic rings. The van der Waals surface area contributed by atoms with E-state index in [1.807, 2.05) is 12.1 Å². The van der Waals surface area contributed by atoms with Crippen LogP contribution >= 0.6 is 0 Å². The molecule has 9 aromatic carbocycles. The third-order valence-corrected chi connectivity index (χ3v) is 10.3. The molecule has 54 heavy (non-hydrogen) atoms. The van der Waals surface area contributed by atoms with Gasteiger partial charge in [0.15, 0.2) is 0 Å². The first-order valence-corrected chi connectivity index (χ1v) is 18.2. The van der Waals surface area contributed by atoms with Crippen LogP contribution in [0, 0.1) is 0 Å². The molecule has 0 unspecified atom stereocenters. The maximum absolute atomic E-state index is 4.71. The second-order valence-corrected chi connectivity index (χ2v) is 13.5. The highest BCUT2D eigenvalue weighted by Crippen LogP contribution is 2.48. The molecular formula is C50H34N4. The summed E-state index contributed by atoms with van der Waals surface area (Å²) >= 11 is 0. The van der Waals surface area contributed by atoms with Crippen LogP contribution in [-0.4, -0.2) is 9.97 Å². The van der Waals surface area contributed by atoms with Crippen molar-refractivity contribution in [3.05, 3.63) is 207 Å². The molecule has 0 atom stereocenters. The Kier molecular flexibility index (Phi) is 7.77. The SMILES string of the molecule is c1ccc(-c2cc(-c3ccccc3)cc(N(c3ccccc3)c3ccc4ccc5c(N(c6ccccc6)c6ccncn6)ccc6ccc3c4c65)c2)cc1. The van der Waals surface area contributed by atoms with E-state index in [9.17, 15) is 0 Å². The first kappa shape index (κ1) is 31.4. The summed E-state index contributed by atoms with van der Waals surface area (Å²) in [4.78, 5) is 13.6. The summed E-state index contributed by atoms with van der Waals surface area (Å²) < 4.78 is 0. The van der Waals surface area contributed by atoms with Crippen LogP contribution in [0.25, 0.3) is 54.6 Å². The van der Waals surface area contributed by atoms with Gasteiger partial charge in [-0.05, 0) is 104 Å². The summed E-state index contributed by atoms with van der Waals surface area (Å²) in [5.41, 5.74) is 10.1. The second kappa shape index (κ2) is 13.4. The topological polar surface area (TPSA) is 32.3 Å². The summed E-state index contributed by atoms with van der Waals surface area (Å²) in [6.07, 6.45) is 3.41. The van der Waals surface area contributed by atoms with Crippen molar-refractivity contribution >= 4 is 66.6 Å². The van der Waals surface area contributed by atoms with Crippen LogP contribution < -0.4 is 9.80 Å². The van der Waals surface area contributed by atoms with E-state index in [0.717, 1.165) is 39.6 Å². The fourth-order valence-electron chi connectivity index (χ4n) is 7.89. The molecule has 0 radical (unpaired) electrons. The van der Waals surface area contributed by atoms with Gasteiger partial charge in [-0.1, -0.05) is 133 Å². The van der Waals surface area contributed by atoms with Crippen LogP contribution in [0.4, 0.5) is 34.3 Å². The third kappa shape index (κ3) is 5.49. The third-order valence-electron chi connectivity index (χ3n) is 10.3. The van der Waals surface area contributed by atoms with Crippen molar-refractivity contribution in [1.29, 1.82) is 0 Å². The number of rotatable bonds is 8. The van der Waals surface area contributed by atoms with Crippen molar-refractivity contribution in [1.82, 2.24) is 9.97 Å². The minimum Gasteiger partial charge on any atom is -0.310 e. The largest absolute Gasteiger partial charge is 0.310 e. The molecule has 0 amide bonds. The molecule has 1 aromatic heterocycles. The minimum atomic E-state index is 0.815. The Morgan fingerprint density at radius 3 is 1.31 bits per heavy atom. The Bertz CT molecular complexity index is 2760.